The third-order valence-electron chi connectivity index (χ3n) is 4.46. The summed E-state index contributed by atoms with van der Waals surface area (Å²) in [4.78, 5) is 28.4. The van der Waals surface area contributed by atoms with E-state index in [2.05, 4.69) is 41.5 Å². The zero-order valence-electron chi connectivity index (χ0n) is 16.4. The van der Waals surface area contributed by atoms with Crippen LogP contribution in [0, 0.1) is 0 Å². The molecule has 0 saturated carbocycles. The monoisotopic (exact) mass is 408 g/mol. The maximum absolute atomic E-state index is 12.2. The van der Waals surface area contributed by atoms with Gasteiger partial charge in [-0.2, -0.15) is 0 Å². The molecule has 1 heterocycles. The van der Waals surface area contributed by atoms with Crippen molar-refractivity contribution in [2.45, 2.75) is 26.2 Å². The van der Waals surface area contributed by atoms with Gasteiger partial charge in [-0.25, -0.2) is 9.78 Å². The summed E-state index contributed by atoms with van der Waals surface area (Å²) in [5, 5.41) is 5.18. The number of aromatic nitrogens is 1. The molecule has 3 rings (SSSR count). The van der Waals surface area contributed by atoms with Crippen LogP contribution in [0.4, 0.5) is 0 Å². The Labute approximate surface area is 174 Å². The van der Waals surface area contributed by atoms with Gasteiger partial charge >= 0.3 is 5.97 Å². The fourth-order valence-electron chi connectivity index (χ4n) is 2.80. The second kappa shape index (κ2) is 10.5. The quantitative estimate of drug-likeness (QED) is 0.424. The molecule has 0 radical (unpaired) electrons. The van der Waals surface area contributed by atoms with Crippen LogP contribution in [0.25, 0.3) is 10.6 Å². The Morgan fingerprint density at radius 3 is 2.52 bits per heavy atom. The van der Waals surface area contributed by atoms with Gasteiger partial charge in [-0.3, -0.25) is 4.79 Å². The second-order valence-corrected chi connectivity index (χ2v) is 7.46. The van der Waals surface area contributed by atoms with E-state index in [9.17, 15) is 9.59 Å². The fourth-order valence-corrected chi connectivity index (χ4v) is 3.60. The van der Waals surface area contributed by atoms with Gasteiger partial charge in [0.25, 0.3) is 5.91 Å². The highest BCUT2D eigenvalue weighted by Gasteiger charge is 2.15. The number of aryl methyl sites for hydroxylation is 2. The molecule has 1 amide bonds. The van der Waals surface area contributed by atoms with Gasteiger partial charge in [-0.1, -0.05) is 61.5 Å². The largest absolute Gasteiger partial charge is 0.451 e. The molecule has 1 N–H and O–H groups in total. The van der Waals surface area contributed by atoms with Crippen LogP contribution in [0.5, 0.6) is 0 Å². The first-order valence-corrected chi connectivity index (χ1v) is 10.6. The van der Waals surface area contributed by atoms with Crippen molar-refractivity contribution in [3.63, 3.8) is 0 Å². The Kier molecular flexibility index (Phi) is 7.53. The maximum atomic E-state index is 12.2. The van der Waals surface area contributed by atoms with E-state index in [4.69, 9.17) is 4.74 Å². The normalized spacial score (nSPS) is 10.5. The molecule has 0 atom stereocenters. The van der Waals surface area contributed by atoms with E-state index in [1.54, 1.807) is 5.38 Å². The zero-order valence-corrected chi connectivity index (χ0v) is 17.2. The summed E-state index contributed by atoms with van der Waals surface area (Å²) in [6, 6.07) is 18.2. The van der Waals surface area contributed by atoms with Crippen molar-refractivity contribution in [2.24, 2.45) is 0 Å². The summed E-state index contributed by atoms with van der Waals surface area (Å²) >= 11 is 1.38. The van der Waals surface area contributed by atoms with E-state index in [0.717, 1.165) is 29.8 Å². The number of rotatable bonds is 9. The van der Waals surface area contributed by atoms with Gasteiger partial charge in [0.2, 0.25) is 0 Å². The summed E-state index contributed by atoms with van der Waals surface area (Å²) in [5.41, 5.74) is 3.67. The molecular formula is C23H24N2O3S. The molecule has 29 heavy (non-hydrogen) atoms. The van der Waals surface area contributed by atoms with Crippen LogP contribution in [0.15, 0.2) is 60.0 Å². The van der Waals surface area contributed by atoms with Crippen molar-refractivity contribution in [1.82, 2.24) is 10.3 Å². The Bertz CT molecular complexity index is 936. The number of carbonyl (C=O) groups excluding carboxylic acids is 2. The standard InChI is InChI=1S/C23H24N2O3S/c1-2-17-10-12-19(13-11-17)22-25-20(16-29-22)23(27)28-15-21(26)24-14-6-9-18-7-4-3-5-8-18/h3-5,7-8,10-13,16H,2,6,9,14-15H2,1H3,(H,24,26). The van der Waals surface area contributed by atoms with E-state index in [1.807, 2.05) is 30.3 Å². The maximum Gasteiger partial charge on any atom is 0.358 e. The van der Waals surface area contributed by atoms with Gasteiger partial charge in [0.1, 0.15) is 5.01 Å². The van der Waals surface area contributed by atoms with Crippen molar-refractivity contribution < 1.29 is 14.3 Å². The zero-order chi connectivity index (χ0) is 20.5. The van der Waals surface area contributed by atoms with E-state index in [1.165, 1.54) is 22.5 Å². The topological polar surface area (TPSA) is 68.3 Å². The van der Waals surface area contributed by atoms with Crippen LogP contribution >= 0.6 is 11.3 Å². The van der Waals surface area contributed by atoms with Crippen molar-refractivity contribution >= 4 is 23.2 Å². The lowest BCUT2D eigenvalue weighted by Gasteiger charge is -2.06. The van der Waals surface area contributed by atoms with Crippen molar-refractivity contribution in [3.8, 4) is 10.6 Å². The second-order valence-electron chi connectivity index (χ2n) is 6.60. The molecule has 0 saturated heterocycles. The minimum Gasteiger partial charge on any atom is -0.451 e. The first kappa shape index (κ1) is 20.7. The third kappa shape index (κ3) is 6.26. The molecule has 0 aliphatic carbocycles. The number of carbonyl (C=O) groups is 2. The molecule has 0 spiro atoms. The van der Waals surface area contributed by atoms with Crippen LogP contribution in [-0.2, 0) is 22.4 Å². The van der Waals surface area contributed by atoms with E-state index in [0.29, 0.717) is 6.54 Å². The van der Waals surface area contributed by atoms with Gasteiger partial charge in [0.05, 0.1) is 0 Å². The van der Waals surface area contributed by atoms with Gasteiger partial charge in [0.15, 0.2) is 12.3 Å². The molecule has 150 valence electrons. The predicted molar refractivity (Wildman–Crippen MR) is 115 cm³/mol. The van der Waals surface area contributed by atoms with Gasteiger partial charge < -0.3 is 10.1 Å². The van der Waals surface area contributed by atoms with Crippen LogP contribution in [-0.4, -0.2) is 30.0 Å². The molecular weight excluding hydrogens is 384 g/mol. The smallest absolute Gasteiger partial charge is 0.358 e. The molecule has 0 bridgehead atoms. The number of hydrogen-bond donors (Lipinski definition) is 1. The van der Waals surface area contributed by atoms with E-state index < -0.39 is 5.97 Å². The number of benzene rings is 2. The summed E-state index contributed by atoms with van der Waals surface area (Å²) in [6.07, 6.45) is 2.70. The minimum atomic E-state index is -0.586. The Hall–Kier alpha value is -2.99. The highest BCUT2D eigenvalue weighted by atomic mass is 32.1. The number of ether oxygens (including phenoxy) is 1. The Morgan fingerprint density at radius 1 is 1.03 bits per heavy atom. The molecule has 6 heteroatoms. The lowest BCUT2D eigenvalue weighted by atomic mass is 10.1. The molecule has 0 unspecified atom stereocenters. The molecule has 0 aliphatic heterocycles. The van der Waals surface area contributed by atoms with E-state index >= 15 is 0 Å². The van der Waals surface area contributed by atoms with Crippen molar-refractivity contribution in [3.05, 3.63) is 76.8 Å². The number of nitrogens with one attached hydrogen (secondary N) is 1. The SMILES string of the molecule is CCc1ccc(-c2nc(C(=O)OCC(=O)NCCCc3ccccc3)cs2)cc1. The summed E-state index contributed by atoms with van der Waals surface area (Å²) in [5.74, 6) is -0.894. The average Bonchev–Trinajstić information content (AvgIpc) is 3.26. The fraction of sp³-hybridized carbons (Fsp3) is 0.261. The van der Waals surface area contributed by atoms with Crippen LogP contribution in [0.1, 0.15) is 35.0 Å². The van der Waals surface area contributed by atoms with E-state index in [-0.39, 0.29) is 18.2 Å². The predicted octanol–water partition coefficient (Wildman–Crippen LogP) is 4.28. The molecule has 5 nitrogen and oxygen atoms in total. The van der Waals surface area contributed by atoms with Gasteiger partial charge in [0, 0.05) is 17.5 Å². The summed E-state index contributed by atoms with van der Waals surface area (Å²) in [6.45, 7) is 2.34. The Morgan fingerprint density at radius 2 is 1.79 bits per heavy atom. The summed E-state index contributed by atoms with van der Waals surface area (Å²) < 4.78 is 5.08. The number of hydrogen-bond acceptors (Lipinski definition) is 5. The van der Waals surface area contributed by atoms with Crippen LogP contribution < -0.4 is 5.32 Å². The molecule has 3 aromatic rings. The number of amides is 1. The molecule has 1 aromatic heterocycles. The first-order valence-electron chi connectivity index (χ1n) is 9.68. The third-order valence-corrected chi connectivity index (χ3v) is 5.36. The average molecular weight is 409 g/mol. The summed E-state index contributed by atoms with van der Waals surface area (Å²) in [7, 11) is 0. The molecule has 0 aliphatic rings. The molecule has 2 aromatic carbocycles. The van der Waals surface area contributed by atoms with Gasteiger partial charge in [-0.05, 0) is 30.4 Å². The highest BCUT2D eigenvalue weighted by Crippen LogP contribution is 2.24. The minimum absolute atomic E-state index is 0.224. The number of thiazole rings is 1. The Balaban J connectivity index is 1.40. The van der Waals surface area contributed by atoms with Crippen molar-refractivity contribution in [1.29, 1.82) is 0 Å². The van der Waals surface area contributed by atoms with Crippen LogP contribution in [0.3, 0.4) is 0 Å². The van der Waals surface area contributed by atoms with Gasteiger partial charge in [-0.15, -0.1) is 11.3 Å². The molecule has 0 fully saturated rings. The first-order chi connectivity index (χ1) is 14.2. The van der Waals surface area contributed by atoms with Crippen molar-refractivity contribution in [2.75, 3.05) is 13.2 Å². The lowest BCUT2D eigenvalue weighted by Crippen LogP contribution is -2.29. The highest BCUT2D eigenvalue weighted by molar-refractivity contribution is 7.13. The number of nitrogens with zero attached hydrogens (tertiary/aromatic N) is 1. The number of esters is 1. The lowest BCUT2D eigenvalue weighted by molar-refractivity contribution is -0.124. The van der Waals surface area contributed by atoms with Crippen LogP contribution in [0.2, 0.25) is 0 Å².